The third-order valence-corrected chi connectivity index (χ3v) is 6.08. The largest absolute Gasteiger partial charge is 0.354 e. The van der Waals surface area contributed by atoms with E-state index in [-0.39, 0.29) is 11.8 Å². The Morgan fingerprint density at radius 2 is 1.83 bits per heavy atom. The van der Waals surface area contributed by atoms with E-state index in [1.165, 1.54) is 5.56 Å². The van der Waals surface area contributed by atoms with E-state index in [4.69, 9.17) is 11.6 Å². The second kappa shape index (κ2) is 13.3. The minimum Gasteiger partial charge on any atom is -0.354 e. The van der Waals surface area contributed by atoms with Crippen molar-refractivity contribution >= 4 is 35.2 Å². The molecule has 0 aliphatic rings. The Balaban J connectivity index is 1.97. The Labute approximate surface area is 189 Å². The number of nitrogens with one attached hydrogen (secondary N) is 1. The predicted molar refractivity (Wildman–Crippen MR) is 127 cm³/mol. The van der Waals surface area contributed by atoms with E-state index in [0.717, 1.165) is 24.2 Å². The first kappa shape index (κ1) is 24.3. The van der Waals surface area contributed by atoms with E-state index < -0.39 is 6.04 Å². The molecule has 30 heavy (non-hydrogen) atoms. The minimum atomic E-state index is -0.535. The molecule has 0 aromatic heterocycles. The molecule has 2 aromatic carbocycles. The summed E-state index contributed by atoms with van der Waals surface area (Å²) in [5.41, 5.74) is 2.16. The van der Waals surface area contributed by atoms with Crippen molar-refractivity contribution in [2.24, 2.45) is 0 Å². The summed E-state index contributed by atoms with van der Waals surface area (Å²) in [6.45, 7) is 4.87. The Kier molecular flexibility index (Phi) is 10.8. The SMILES string of the molecule is CCCCNC(=O)C(C)N(Cc1cccc(Cl)c1)C(=O)CCSCc1ccccc1. The van der Waals surface area contributed by atoms with Gasteiger partial charge in [0.05, 0.1) is 0 Å². The van der Waals surface area contributed by atoms with Crippen molar-refractivity contribution in [1.82, 2.24) is 10.2 Å². The van der Waals surface area contributed by atoms with Crippen LogP contribution in [-0.4, -0.2) is 35.1 Å². The van der Waals surface area contributed by atoms with Crippen LogP contribution in [0.2, 0.25) is 5.02 Å². The van der Waals surface area contributed by atoms with Gasteiger partial charge in [0.25, 0.3) is 0 Å². The van der Waals surface area contributed by atoms with Crippen molar-refractivity contribution in [3.8, 4) is 0 Å². The van der Waals surface area contributed by atoms with Gasteiger partial charge in [-0.25, -0.2) is 0 Å². The number of unbranched alkanes of at least 4 members (excludes halogenated alkanes) is 1. The second-order valence-electron chi connectivity index (χ2n) is 7.26. The van der Waals surface area contributed by atoms with Crippen LogP contribution in [0.5, 0.6) is 0 Å². The van der Waals surface area contributed by atoms with Crippen molar-refractivity contribution in [3.63, 3.8) is 0 Å². The number of benzene rings is 2. The molecular weight excluding hydrogens is 416 g/mol. The van der Waals surface area contributed by atoms with Gasteiger partial charge in [-0.05, 0) is 36.6 Å². The van der Waals surface area contributed by atoms with Gasteiger partial charge in [-0.3, -0.25) is 9.59 Å². The van der Waals surface area contributed by atoms with Crippen LogP contribution in [0.15, 0.2) is 54.6 Å². The zero-order chi connectivity index (χ0) is 21.8. The average molecular weight is 447 g/mol. The lowest BCUT2D eigenvalue weighted by atomic mass is 10.1. The summed E-state index contributed by atoms with van der Waals surface area (Å²) in [5.74, 6) is 1.45. The van der Waals surface area contributed by atoms with Crippen molar-refractivity contribution in [2.75, 3.05) is 12.3 Å². The zero-order valence-corrected chi connectivity index (χ0v) is 19.3. The molecule has 0 aliphatic heterocycles. The van der Waals surface area contributed by atoms with E-state index in [9.17, 15) is 9.59 Å². The van der Waals surface area contributed by atoms with Gasteiger partial charge in [0.2, 0.25) is 11.8 Å². The number of carbonyl (C=O) groups excluding carboxylic acids is 2. The fourth-order valence-electron chi connectivity index (χ4n) is 3.02. The first-order valence-electron chi connectivity index (χ1n) is 10.4. The molecule has 0 spiro atoms. The van der Waals surface area contributed by atoms with Crippen molar-refractivity contribution in [2.45, 2.75) is 51.4 Å². The van der Waals surface area contributed by atoms with Crippen LogP contribution in [0.4, 0.5) is 0 Å². The highest BCUT2D eigenvalue weighted by Gasteiger charge is 2.25. The summed E-state index contributed by atoms with van der Waals surface area (Å²) in [6, 6.07) is 17.1. The molecule has 1 atom stereocenters. The predicted octanol–water partition coefficient (Wildman–Crippen LogP) is 5.30. The number of hydrogen-bond donors (Lipinski definition) is 1. The standard InChI is InChI=1S/C24H31ClN2O2S/c1-3-4-14-26-24(29)19(2)27(17-21-11-8-12-22(25)16-21)23(28)13-15-30-18-20-9-6-5-7-10-20/h5-12,16,19H,3-4,13-15,17-18H2,1-2H3,(H,26,29). The average Bonchev–Trinajstić information content (AvgIpc) is 2.75. The smallest absolute Gasteiger partial charge is 0.242 e. The molecule has 4 nitrogen and oxygen atoms in total. The monoisotopic (exact) mass is 446 g/mol. The minimum absolute atomic E-state index is 0.0197. The van der Waals surface area contributed by atoms with E-state index in [1.54, 1.807) is 29.7 Å². The van der Waals surface area contributed by atoms with Gasteiger partial charge >= 0.3 is 0 Å². The normalized spacial score (nSPS) is 11.7. The lowest BCUT2D eigenvalue weighted by Crippen LogP contribution is -2.47. The van der Waals surface area contributed by atoms with Gasteiger partial charge < -0.3 is 10.2 Å². The molecule has 0 bridgehead atoms. The highest BCUT2D eigenvalue weighted by molar-refractivity contribution is 7.98. The lowest BCUT2D eigenvalue weighted by Gasteiger charge is -2.29. The third kappa shape index (κ3) is 8.41. The summed E-state index contributed by atoms with van der Waals surface area (Å²) in [7, 11) is 0. The summed E-state index contributed by atoms with van der Waals surface area (Å²) in [4.78, 5) is 27.3. The van der Waals surface area contributed by atoms with Gasteiger partial charge in [-0.2, -0.15) is 11.8 Å². The third-order valence-electron chi connectivity index (χ3n) is 4.81. The van der Waals surface area contributed by atoms with Crippen LogP contribution in [0.25, 0.3) is 0 Å². The number of rotatable bonds is 12. The van der Waals surface area contributed by atoms with Gasteiger partial charge in [-0.1, -0.05) is 67.4 Å². The maximum absolute atomic E-state index is 13.0. The molecule has 0 heterocycles. The number of amides is 2. The number of halogens is 1. The van der Waals surface area contributed by atoms with Crippen LogP contribution in [0.3, 0.4) is 0 Å². The van der Waals surface area contributed by atoms with Crippen LogP contribution in [0, 0.1) is 0 Å². The Morgan fingerprint density at radius 1 is 1.10 bits per heavy atom. The highest BCUT2D eigenvalue weighted by atomic mass is 35.5. The number of nitrogens with zero attached hydrogens (tertiary/aromatic N) is 1. The van der Waals surface area contributed by atoms with Crippen molar-refractivity contribution in [3.05, 3.63) is 70.7 Å². The maximum atomic E-state index is 13.0. The quantitative estimate of drug-likeness (QED) is 0.450. The lowest BCUT2D eigenvalue weighted by molar-refractivity contribution is -0.140. The number of carbonyl (C=O) groups is 2. The van der Waals surface area contributed by atoms with Gasteiger partial charge in [0, 0.05) is 36.0 Å². The first-order chi connectivity index (χ1) is 14.5. The highest BCUT2D eigenvalue weighted by Crippen LogP contribution is 2.17. The van der Waals surface area contributed by atoms with Gasteiger partial charge in [0.15, 0.2) is 0 Å². The fourth-order valence-corrected chi connectivity index (χ4v) is 4.12. The van der Waals surface area contributed by atoms with Gasteiger partial charge in [-0.15, -0.1) is 0 Å². The van der Waals surface area contributed by atoms with Crippen LogP contribution >= 0.6 is 23.4 Å². The molecule has 1 unspecified atom stereocenters. The summed E-state index contributed by atoms with van der Waals surface area (Å²) >= 11 is 7.84. The van der Waals surface area contributed by atoms with Crippen LogP contribution in [-0.2, 0) is 21.9 Å². The topological polar surface area (TPSA) is 49.4 Å². The molecular formula is C24H31ClN2O2S. The first-order valence-corrected chi connectivity index (χ1v) is 12.0. The van der Waals surface area contributed by atoms with E-state index in [0.29, 0.717) is 30.3 Å². The summed E-state index contributed by atoms with van der Waals surface area (Å²) < 4.78 is 0. The molecule has 1 N–H and O–H groups in total. The summed E-state index contributed by atoms with van der Waals surface area (Å²) in [6.07, 6.45) is 2.33. The second-order valence-corrected chi connectivity index (χ2v) is 8.80. The Morgan fingerprint density at radius 3 is 2.53 bits per heavy atom. The van der Waals surface area contributed by atoms with Crippen LogP contribution < -0.4 is 5.32 Å². The zero-order valence-electron chi connectivity index (χ0n) is 17.8. The molecule has 0 saturated heterocycles. The molecule has 6 heteroatoms. The number of hydrogen-bond acceptors (Lipinski definition) is 3. The number of thioether (sulfide) groups is 1. The van der Waals surface area contributed by atoms with E-state index in [2.05, 4.69) is 24.4 Å². The molecule has 2 aromatic rings. The van der Waals surface area contributed by atoms with Crippen molar-refractivity contribution in [1.29, 1.82) is 0 Å². The van der Waals surface area contributed by atoms with Crippen molar-refractivity contribution < 1.29 is 9.59 Å². The fraction of sp³-hybridized carbons (Fsp3) is 0.417. The molecule has 0 radical (unpaired) electrons. The van der Waals surface area contributed by atoms with Crippen LogP contribution in [0.1, 0.15) is 44.2 Å². The Hall–Kier alpha value is -1.98. The molecule has 0 fully saturated rings. The maximum Gasteiger partial charge on any atom is 0.242 e. The molecule has 0 aliphatic carbocycles. The molecule has 2 rings (SSSR count). The Bertz CT molecular complexity index is 801. The molecule has 162 valence electrons. The molecule has 0 saturated carbocycles. The van der Waals surface area contributed by atoms with E-state index >= 15 is 0 Å². The van der Waals surface area contributed by atoms with Gasteiger partial charge in [0.1, 0.15) is 6.04 Å². The van der Waals surface area contributed by atoms with E-state index in [1.807, 2.05) is 36.4 Å². The summed E-state index contributed by atoms with van der Waals surface area (Å²) in [5, 5.41) is 3.56. The molecule has 2 amide bonds.